The summed E-state index contributed by atoms with van der Waals surface area (Å²) in [6.07, 6.45) is -0.260. The predicted molar refractivity (Wildman–Crippen MR) is 136 cm³/mol. The van der Waals surface area contributed by atoms with Crippen LogP contribution in [0, 0.1) is 0 Å². The highest BCUT2D eigenvalue weighted by atomic mass is 32.2. The van der Waals surface area contributed by atoms with Gasteiger partial charge in [-0.1, -0.05) is 48.5 Å². The molecule has 0 spiro atoms. The molecule has 1 unspecified atom stereocenters. The molecule has 0 aromatic heterocycles. The van der Waals surface area contributed by atoms with Gasteiger partial charge in [-0.2, -0.15) is 4.72 Å². The molecule has 1 atom stereocenters. The number of sulfonamides is 1. The fourth-order valence-corrected chi connectivity index (χ4v) is 4.34. The second kappa shape index (κ2) is 12.5. The fraction of sp³-hybridized carbons (Fsp3) is 0.160. The summed E-state index contributed by atoms with van der Waals surface area (Å²) >= 11 is 0. The van der Waals surface area contributed by atoms with E-state index in [1.807, 2.05) is 12.1 Å². The SMILES string of the molecule is CC(=O)c1ccc(S(=O)(=O)NC(CCC(=O)NNc2ccccc2)C(=O)NNc2ccccc2)cc1. The van der Waals surface area contributed by atoms with Gasteiger partial charge in [0.1, 0.15) is 6.04 Å². The highest BCUT2D eigenvalue weighted by Gasteiger charge is 2.26. The van der Waals surface area contributed by atoms with Crippen LogP contribution in [0.3, 0.4) is 0 Å². The van der Waals surface area contributed by atoms with Crippen LogP contribution in [0.2, 0.25) is 0 Å². The van der Waals surface area contributed by atoms with Crippen LogP contribution in [0.5, 0.6) is 0 Å². The molecule has 3 aromatic rings. The van der Waals surface area contributed by atoms with E-state index in [-0.39, 0.29) is 23.5 Å². The Bertz CT molecular complexity index is 1280. The number of carbonyl (C=O) groups excluding carboxylic acids is 3. The van der Waals surface area contributed by atoms with Gasteiger partial charge in [0.15, 0.2) is 5.78 Å². The molecule has 0 aliphatic carbocycles. The van der Waals surface area contributed by atoms with Gasteiger partial charge in [0, 0.05) is 12.0 Å². The lowest BCUT2D eigenvalue weighted by Crippen LogP contribution is -2.48. The second-order valence-corrected chi connectivity index (χ2v) is 9.53. The quantitative estimate of drug-likeness (QED) is 0.186. The molecule has 3 aromatic carbocycles. The molecular weight excluding hydrogens is 482 g/mol. The Morgan fingerprint density at radius 2 is 1.28 bits per heavy atom. The first-order valence-electron chi connectivity index (χ1n) is 11.1. The molecule has 5 N–H and O–H groups in total. The third-order valence-corrected chi connectivity index (χ3v) is 6.56. The van der Waals surface area contributed by atoms with Crippen molar-refractivity contribution in [2.45, 2.75) is 30.7 Å². The third kappa shape index (κ3) is 7.93. The third-order valence-electron chi connectivity index (χ3n) is 5.07. The van der Waals surface area contributed by atoms with E-state index in [2.05, 4.69) is 26.4 Å². The smallest absolute Gasteiger partial charge is 0.256 e. The maximum absolute atomic E-state index is 12.9. The monoisotopic (exact) mass is 509 g/mol. The summed E-state index contributed by atoms with van der Waals surface area (Å²) in [5.74, 6) is -1.31. The van der Waals surface area contributed by atoms with Crippen LogP contribution in [0.15, 0.2) is 89.8 Å². The minimum absolute atomic E-state index is 0.114. The number of rotatable bonds is 12. The van der Waals surface area contributed by atoms with Crippen molar-refractivity contribution in [3.05, 3.63) is 90.5 Å². The van der Waals surface area contributed by atoms with Gasteiger partial charge < -0.3 is 0 Å². The van der Waals surface area contributed by atoms with Crippen molar-refractivity contribution < 1.29 is 22.8 Å². The largest absolute Gasteiger partial charge is 0.299 e. The molecule has 188 valence electrons. The number of benzene rings is 3. The number of hydrogen-bond acceptors (Lipinski definition) is 7. The van der Waals surface area contributed by atoms with Gasteiger partial charge >= 0.3 is 0 Å². The van der Waals surface area contributed by atoms with Crippen LogP contribution in [0.25, 0.3) is 0 Å². The number of hydrogen-bond donors (Lipinski definition) is 5. The minimum Gasteiger partial charge on any atom is -0.299 e. The maximum atomic E-state index is 12.9. The molecule has 0 heterocycles. The molecule has 3 rings (SSSR count). The zero-order valence-corrected chi connectivity index (χ0v) is 20.3. The summed E-state index contributed by atoms with van der Waals surface area (Å²) in [6.45, 7) is 1.37. The van der Waals surface area contributed by atoms with Crippen molar-refractivity contribution in [1.29, 1.82) is 0 Å². The molecule has 0 bridgehead atoms. The second-order valence-electron chi connectivity index (χ2n) is 7.81. The zero-order valence-electron chi connectivity index (χ0n) is 19.5. The van der Waals surface area contributed by atoms with Gasteiger partial charge in [0.05, 0.1) is 16.3 Å². The molecule has 2 amide bonds. The van der Waals surface area contributed by atoms with E-state index in [1.54, 1.807) is 48.5 Å². The number of para-hydroxylation sites is 2. The lowest BCUT2D eigenvalue weighted by molar-refractivity contribution is -0.123. The first-order valence-corrected chi connectivity index (χ1v) is 12.6. The van der Waals surface area contributed by atoms with Crippen LogP contribution < -0.4 is 26.4 Å². The average molecular weight is 510 g/mol. The molecule has 0 saturated carbocycles. The van der Waals surface area contributed by atoms with Crippen molar-refractivity contribution in [2.75, 3.05) is 10.9 Å². The minimum atomic E-state index is -4.13. The Labute approximate surface area is 209 Å². The number of ketones is 1. The first kappa shape index (κ1) is 26.4. The Morgan fingerprint density at radius 1 is 0.750 bits per heavy atom. The van der Waals surface area contributed by atoms with E-state index in [0.29, 0.717) is 16.9 Å². The van der Waals surface area contributed by atoms with E-state index < -0.39 is 27.9 Å². The Kier molecular flexibility index (Phi) is 9.14. The van der Waals surface area contributed by atoms with Crippen LogP contribution in [0.1, 0.15) is 30.1 Å². The fourth-order valence-electron chi connectivity index (χ4n) is 3.11. The van der Waals surface area contributed by atoms with E-state index in [0.717, 1.165) is 0 Å². The molecule has 0 aliphatic heterocycles. The van der Waals surface area contributed by atoms with Crippen LogP contribution in [-0.4, -0.2) is 32.1 Å². The zero-order chi connectivity index (χ0) is 26.0. The lowest BCUT2D eigenvalue weighted by atomic mass is 10.1. The molecule has 0 saturated heterocycles. The van der Waals surface area contributed by atoms with Crippen LogP contribution in [0.4, 0.5) is 11.4 Å². The highest BCUT2D eigenvalue weighted by molar-refractivity contribution is 7.89. The summed E-state index contributed by atoms with van der Waals surface area (Å²) < 4.78 is 28.3. The molecular formula is C25H27N5O5S. The van der Waals surface area contributed by atoms with Gasteiger partial charge in [0.25, 0.3) is 5.91 Å². The Morgan fingerprint density at radius 3 is 1.81 bits per heavy atom. The standard InChI is InChI=1S/C25H27N5O5S/c1-18(31)19-12-14-22(15-13-19)36(34,35)30-23(25(33)29-27-21-10-6-3-7-11-21)16-17-24(32)28-26-20-8-4-2-5-9-20/h2-15,23,26-27,30H,16-17H2,1H3,(H,28,32)(H,29,33). The molecule has 0 aliphatic rings. The molecule has 11 heteroatoms. The van der Waals surface area contributed by atoms with E-state index in [1.165, 1.54) is 31.2 Å². The number of anilines is 2. The summed E-state index contributed by atoms with van der Waals surface area (Å²) in [5.41, 5.74) is 12.1. The Balaban J connectivity index is 1.68. The van der Waals surface area contributed by atoms with Crippen molar-refractivity contribution >= 4 is 39.0 Å². The molecule has 0 radical (unpaired) electrons. The van der Waals surface area contributed by atoms with Crippen LogP contribution in [-0.2, 0) is 19.6 Å². The summed E-state index contributed by atoms with van der Waals surface area (Å²) in [7, 11) is -4.13. The number of amides is 2. The van der Waals surface area contributed by atoms with Crippen molar-refractivity contribution in [1.82, 2.24) is 15.6 Å². The number of Topliss-reactive ketones (excluding diaryl/α,β-unsaturated/α-hetero) is 1. The van der Waals surface area contributed by atoms with Gasteiger partial charge in [-0.05, 0) is 49.7 Å². The van der Waals surface area contributed by atoms with Crippen molar-refractivity contribution in [3.8, 4) is 0 Å². The highest BCUT2D eigenvalue weighted by Crippen LogP contribution is 2.13. The van der Waals surface area contributed by atoms with E-state index in [9.17, 15) is 22.8 Å². The maximum Gasteiger partial charge on any atom is 0.256 e. The summed E-state index contributed by atoms with van der Waals surface area (Å²) in [5, 5.41) is 0. The average Bonchev–Trinajstić information content (AvgIpc) is 2.89. The van der Waals surface area contributed by atoms with Crippen molar-refractivity contribution in [2.24, 2.45) is 0 Å². The number of carbonyl (C=O) groups is 3. The number of hydrazine groups is 2. The topological polar surface area (TPSA) is 146 Å². The first-order chi connectivity index (χ1) is 17.2. The molecule has 0 fully saturated rings. The number of nitrogens with one attached hydrogen (secondary N) is 5. The van der Waals surface area contributed by atoms with Gasteiger partial charge in [0.2, 0.25) is 15.9 Å². The van der Waals surface area contributed by atoms with Gasteiger partial charge in [-0.25, -0.2) is 8.42 Å². The lowest BCUT2D eigenvalue weighted by Gasteiger charge is -2.19. The van der Waals surface area contributed by atoms with E-state index >= 15 is 0 Å². The molecule has 36 heavy (non-hydrogen) atoms. The van der Waals surface area contributed by atoms with Gasteiger partial charge in [-0.3, -0.25) is 36.1 Å². The predicted octanol–water partition coefficient (Wildman–Crippen LogP) is 2.60. The normalized spacial score (nSPS) is 11.7. The van der Waals surface area contributed by atoms with E-state index in [4.69, 9.17) is 0 Å². The van der Waals surface area contributed by atoms with Crippen molar-refractivity contribution in [3.63, 3.8) is 0 Å². The van der Waals surface area contributed by atoms with Crippen LogP contribution >= 0.6 is 0 Å². The molecule has 10 nitrogen and oxygen atoms in total. The summed E-state index contributed by atoms with van der Waals surface area (Å²) in [6, 6.07) is 21.8. The van der Waals surface area contributed by atoms with Gasteiger partial charge in [-0.15, -0.1) is 0 Å². The summed E-state index contributed by atoms with van der Waals surface area (Å²) in [4.78, 5) is 36.6. The Hall–Kier alpha value is -4.22.